The molecule has 20 heavy (non-hydrogen) atoms. The van der Waals surface area contributed by atoms with Crippen LogP contribution in [-0.2, 0) is 0 Å². The number of fused-ring (bicyclic) bond motifs is 1. The van der Waals surface area contributed by atoms with E-state index in [0.717, 1.165) is 10.0 Å². The molecule has 1 aliphatic heterocycles. The average Bonchev–Trinajstić information content (AvgIpc) is 2.42. The van der Waals surface area contributed by atoms with Gasteiger partial charge >= 0.3 is 0 Å². The third kappa shape index (κ3) is 2.45. The van der Waals surface area contributed by atoms with Gasteiger partial charge in [0.05, 0.1) is 12.0 Å². The molecule has 0 spiro atoms. The van der Waals surface area contributed by atoms with Gasteiger partial charge in [-0.3, -0.25) is 4.79 Å². The molecule has 0 fully saturated rings. The van der Waals surface area contributed by atoms with Crippen LogP contribution in [0.15, 0.2) is 40.9 Å². The predicted molar refractivity (Wildman–Crippen MR) is 77.9 cm³/mol. The van der Waals surface area contributed by atoms with E-state index in [4.69, 9.17) is 16.3 Å². The van der Waals surface area contributed by atoms with Crippen LogP contribution in [0, 0.1) is 5.82 Å². The van der Waals surface area contributed by atoms with Crippen LogP contribution >= 0.6 is 27.5 Å². The molecule has 0 aliphatic carbocycles. The van der Waals surface area contributed by atoms with Crippen molar-refractivity contribution in [2.24, 2.45) is 0 Å². The van der Waals surface area contributed by atoms with Crippen LogP contribution in [0.4, 0.5) is 4.39 Å². The number of Topliss-reactive ketones (excluding diaryl/α,β-unsaturated/α-hetero) is 1. The SMILES string of the molecule is O=C1CC(c2cc(Br)ccc2Cl)Oc2ccc(F)cc21. The van der Waals surface area contributed by atoms with Crippen molar-refractivity contribution >= 4 is 33.3 Å². The number of ether oxygens (including phenoxy) is 1. The Morgan fingerprint density at radius 3 is 2.85 bits per heavy atom. The monoisotopic (exact) mass is 354 g/mol. The average molecular weight is 356 g/mol. The standard InChI is InChI=1S/C15H9BrClFO2/c16-8-1-3-12(17)10(5-8)15-7-13(19)11-6-9(18)2-4-14(11)20-15/h1-6,15H,7H2. The third-order valence-corrected chi connectivity index (χ3v) is 4.02. The second-order valence-electron chi connectivity index (χ2n) is 4.54. The van der Waals surface area contributed by atoms with Crippen molar-refractivity contribution in [3.05, 3.63) is 62.8 Å². The van der Waals surface area contributed by atoms with E-state index < -0.39 is 11.9 Å². The zero-order valence-corrected chi connectivity index (χ0v) is 12.5. The van der Waals surface area contributed by atoms with E-state index in [1.165, 1.54) is 18.2 Å². The maximum atomic E-state index is 13.2. The van der Waals surface area contributed by atoms with E-state index in [0.29, 0.717) is 10.8 Å². The van der Waals surface area contributed by atoms with Crippen LogP contribution in [-0.4, -0.2) is 5.78 Å². The number of benzene rings is 2. The Morgan fingerprint density at radius 1 is 1.25 bits per heavy atom. The van der Waals surface area contributed by atoms with E-state index in [-0.39, 0.29) is 17.8 Å². The molecule has 0 saturated carbocycles. The van der Waals surface area contributed by atoms with Crippen LogP contribution in [0.3, 0.4) is 0 Å². The van der Waals surface area contributed by atoms with Crippen molar-refractivity contribution in [3.8, 4) is 5.75 Å². The van der Waals surface area contributed by atoms with Crippen LogP contribution < -0.4 is 4.74 Å². The zero-order chi connectivity index (χ0) is 14.3. The first kappa shape index (κ1) is 13.6. The van der Waals surface area contributed by atoms with Crippen molar-refractivity contribution < 1.29 is 13.9 Å². The van der Waals surface area contributed by atoms with Gasteiger partial charge in [-0.25, -0.2) is 4.39 Å². The van der Waals surface area contributed by atoms with Gasteiger partial charge < -0.3 is 4.74 Å². The molecule has 1 aliphatic rings. The molecular formula is C15H9BrClFO2. The second kappa shape index (κ2) is 5.19. The van der Waals surface area contributed by atoms with Crippen LogP contribution in [0.5, 0.6) is 5.75 Å². The molecule has 2 nitrogen and oxygen atoms in total. The molecule has 3 rings (SSSR count). The summed E-state index contributed by atoms with van der Waals surface area (Å²) < 4.78 is 19.8. The topological polar surface area (TPSA) is 26.3 Å². The van der Waals surface area contributed by atoms with Gasteiger partial charge in [0.2, 0.25) is 0 Å². The van der Waals surface area contributed by atoms with Crippen molar-refractivity contribution in [1.29, 1.82) is 0 Å². The summed E-state index contributed by atoms with van der Waals surface area (Å²) in [5.41, 5.74) is 1.02. The Labute approximate surface area is 128 Å². The molecule has 2 aromatic carbocycles. The highest BCUT2D eigenvalue weighted by atomic mass is 79.9. The Bertz CT molecular complexity index is 702. The van der Waals surface area contributed by atoms with Gasteiger partial charge in [-0.2, -0.15) is 0 Å². The van der Waals surface area contributed by atoms with E-state index in [9.17, 15) is 9.18 Å². The Morgan fingerprint density at radius 2 is 2.05 bits per heavy atom. The molecule has 5 heteroatoms. The summed E-state index contributed by atoms with van der Waals surface area (Å²) >= 11 is 9.53. The molecule has 1 unspecified atom stereocenters. The lowest BCUT2D eigenvalue weighted by Crippen LogP contribution is -2.20. The third-order valence-electron chi connectivity index (χ3n) is 3.19. The molecule has 0 radical (unpaired) electrons. The highest BCUT2D eigenvalue weighted by Crippen LogP contribution is 2.38. The zero-order valence-electron chi connectivity index (χ0n) is 10.2. The summed E-state index contributed by atoms with van der Waals surface area (Å²) in [6.45, 7) is 0. The number of hydrogen-bond donors (Lipinski definition) is 0. The summed E-state index contributed by atoms with van der Waals surface area (Å²) in [6, 6.07) is 9.34. The minimum atomic E-state index is -0.453. The maximum Gasteiger partial charge on any atom is 0.170 e. The highest BCUT2D eigenvalue weighted by Gasteiger charge is 2.29. The first-order chi connectivity index (χ1) is 9.54. The van der Waals surface area contributed by atoms with Crippen molar-refractivity contribution in [3.63, 3.8) is 0 Å². The highest BCUT2D eigenvalue weighted by molar-refractivity contribution is 9.10. The molecule has 1 atom stereocenters. The smallest absolute Gasteiger partial charge is 0.170 e. The predicted octanol–water partition coefficient (Wildman–Crippen LogP) is 4.95. The minimum Gasteiger partial charge on any atom is -0.484 e. The number of halogens is 3. The molecule has 102 valence electrons. The summed E-state index contributed by atoms with van der Waals surface area (Å²) in [6.07, 6.45) is -0.308. The molecule has 1 heterocycles. The van der Waals surface area contributed by atoms with E-state index >= 15 is 0 Å². The minimum absolute atomic E-state index is 0.145. The fourth-order valence-corrected chi connectivity index (χ4v) is 2.85. The van der Waals surface area contributed by atoms with E-state index in [1.54, 1.807) is 6.07 Å². The van der Waals surface area contributed by atoms with Crippen LogP contribution in [0.1, 0.15) is 28.4 Å². The van der Waals surface area contributed by atoms with Crippen molar-refractivity contribution in [1.82, 2.24) is 0 Å². The van der Waals surface area contributed by atoms with E-state index in [2.05, 4.69) is 15.9 Å². The quantitative estimate of drug-likeness (QED) is 0.723. The molecule has 2 aromatic rings. The molecule has 0 N–H and O–H groups in total. The lowest BCUT2D eigenvalue weighted by Gasteiger charge is -2.26. The van der Waals surface area contributed by atoms with E-state index in [1.807, 2.05) is 12.1 Å². The van der Waals surface area contributed by atoms with Gasteiger partial charge in [0.25, 0.3) is 0 Å². The lowest BCUT2D eigenvalue weighted by atomic mass is 9.96. The number of carbonyl (C=O) groups excluding carboxylic acids is 1. The summed E-state index contributed by atoms with van der Waals surface area (Å²) in [7, 11) is 0. The normalized spacial score (nSPS) is 17.6. The molecular weight excluding hydrogens is 347 g/mol. The van der Waals surface area contributed by atoms with Gasteiger partial charge in [0, 0.05) is 15.1 Å². The number of carbonyl (C=O) groups is 1. The number of hydrogen-bond acceptors (Lipinski definition) is 2. The van der Waals surface area contributed by atoms with Gasteiger partial charge in [-0.05, 0) is 36.4 Å². The van der Waals surface area contributed by atoms with Gasteiger partial charge in [0.1, 0.15) is 17.7 Å². The molecule has 0 aromatic heterocycles. The fraction of sp³-hybridized carbons (Fsp3) is 0.133. The molecule has 0 saturated heterocycles. The summed E-state index contributed by atoms with van der Waals surface area (Å²) in [5, 5.41) is 0.538. The van der Waals surface area contributed by atoms with Crippen molar-refractivity contribution in [2.45, 2.75) is 12.5 Å². The number of rotatable bonds is 1. The number of ketones is 1. The molecule has 0 bridgehead atoms. The van der Waals surface area contributed by atoms with Crippen LogP contribution in [0.25, 0.3) is 0 Å². The lowest BCUT2D eigenvalue weighted by molar-refractivity contribution is 0.0849. The first-order valence-electron chi connectivity index (χ1n) is 5.99. The Kier molecular flexibility index (Phi) is 3.52. The Hall–Kier alpha value is -1.39. The first-order valence-corrected chi connectivity index (χ1v) is 7.16. The summed E-state index contributed by atoms with van der Waals surface area (Å²) in [5.74, 6) is -0.199. The Balaban J connectivity index is 2.01. The van der Waals surface area contributed by atoms with Gasteiger partial charge in [-0.1, -0.05) is 27.5 Å². The fourth-order valence-electron chi connectivity index (χ4n) is 2.23. The largest absolute Gasteiger partial charge is 0.484 e. The van der Waals surface area contributed by atoms with Gasteiger partial charge in [-0.15, -0.1) is 0 Å². The van der Waals surface area contributed by atoms with Crippen LogP contribution in [0.2, 0.25) is 5.02 Å². The maximum absolute atomic E-state index is 13.2. The summed E-state index contributed by atoms with van der Waals surface area (Å²) in [4.78, 5) is 12.1. The second-order valence-corrected chi connectivity index (χ2v) is 5.86. The van der Waals surface area contributed by atoms with Crippen molar-refractivity contribution in [2.75, 3.05) is 0 Å². The molecule has 0 amide bonds. The van der Waals surface area contributed by atoms with Gasteiger partial charge in [0.15, 0.2) is 5.78 Å².